The normalized spacial score (nSPS) is 13.5. The standard InChI is InChI=1S/C49H72N2O/c1-7-9-11-13-15-17-19-21-23-25-33-49(34-26-24-22-20-18-16-14-12-10-8-2)45-35-39(37(3)4)27-29-43(45)44-30-28-40(36-46(44)49)42-32-31-41(38(5)6)47-48(42)51-52-50-47/h27-32,35-38H,7-26,33-34H2,1-6H3. The van der Waals surface area contributed by atoms with Gasteiger partial charge in [-0.1, -0.05) is 212 Å². The smallest absolute Gasteiger partial charge is 0.143 e. The average molecular weight is 705 g/mol. The molecule has 0 amide bonds. The zero-order valence-electron chi connectivity index (χ0n) is 34.1. The van der Waals surface area contributed by atoms with Crippen molar-refractivity contribution in [3.05, 3.63) is 70.8 Å². The van der Waals surface area contributed by atoms with Crippen molar-refractivity contribution in [1.82, 2.24) is 10.3 Å². The van der Waals surface area contributed by atoms with Crippen molar-refractivity contribution >= 4 is 11.0 Å². The van der Waals surface area contributed by atoms with Gasteiger partial charge < -0.3 is 0 Å². The van der Waals surface area contributed by atoms with E-state index in [4.69, 9.17) is 4.63 Å². The minimum Gasteiger partial charge on any atom is -0.243 e. The summed E-state index contributed by atoms with van der Waals surface area (Å²) in [6.45, 7) is 13.8. The number of unbranched alkanes of at least 4 members (excludes halogenated alkanes) is 18. The molecule has 1 aliphatic carbocycles. The second-order valence-electron chi connectivity index (χ2n) is 17.0. The lowest BCUT2D eigenvalue weighted by molar-refractivity contribution is 0.315. The van der Waals surface area contributed by atoms with Crippen molar-refractivity contribution in [2.45, 2.75) is 200 Å². The molecule has 0 saturated carbocycles. The Morgan fingerprint density at radius 3 is 1.46 bits per heavy atom. The molecule has 4 aromatic rings. The first kappa shape index (κ1) is 40.2. The van der Waals surface area contributed by atoms with Gasteiger partial charge in [-0.2, -0.15) is 0 Å². The number of rotatable bonds is 25. The van der Waals surface area contributed by atoms with Crippen LogP contribution < -0.4 is 0 Å². The van der Waals surface area contributed by atoms with Crippen LogP contribution in [0.5, 0.6) is 0 Å². The Balaban J connectivity index is 1.41. The zero-order valence-corrected chi connectivity index (χ0v) is 34.1. The van der Waals surface area contributed by atoms with Crippen LogP contribution in [0.15, 0.2) is 53.2 Å². The van der Waals surface area contributed by atoms with Gasteiger partial charge in [0.25, 0.3) is 0 Å². The fourth-order valence-corrected chi connectivity index (χ4v) is 9.12. The monoisotopic (exact) mass is 705 g/mol. The largest absolute Gasteiger partial charge is 0.243 e. The van der Waals surface area contributed by atoms with Gasteiger partial charge in [0.1, 0.15) is 11.0 Å². The predicted molar refractivity (Wildman–Crippen MR) is 225 cm³/mol. The van der Waals surface area contributed by atoms with E-state index in [2.05, 4.69) is 100 Å². The van der Waals surface area contributed by atoms with Gasteiger partial charge in [0.05, 0.1) is 0 Å². The van der Waals surface area contributed by atoms with Gasteiger partial charge in [-0.25, -0.2) is 4.63 Å². The lowest BCUT2D eigenvalue weighted by atomic mass is 9.69. The molecule has 0 radical (unpaired) electrons. The molecule has 1 aliphatic rings. The van der Waals surface area contributed by atoms with Gasteiger partial charge in [0.15, 0.2) is 0 Å². The molecule has 3 nitrogen and oxygen atoms in total. The molecule has 0 bridgehead atoms. The molecule has 0 fully saturated rings. The van der Waals surface area contributed by atoms with Crippen molar-refractivity contribution in [2.24, 2.45) is 0 Å². The second-order valence-corrected chi connectivity index (χ2v) is 17.0. The number of benzene rings is 3. The molecular weight excluding hydrogens is 633 g/mol. The number of aromatic nitrogens is 2. The summed E-state index contributed by atoms with van der Waals surface area (Å²) >= 11 is 0. The van der Waals surface area contributed by atoms with Gasteiger partial charge in [-0.15, -0.1) is 0 Å². The first-order chi connectivity index (χ1) is 25.4. The molecule has 0 atom stereocenters. The predicted octanol–water partition coefficient (Wildman–Crippen LogP) is 16.0. The first-order valence-electron chi connectivity index (χ1n) is 22.0. The SMILES string of the molecule is CCCCCCCCCCCCC1(CCCCCCCCCCCC)c2cc(-c3ccc(C(C)C)c4nonc34)ccc2-c2ccc(C(C)C)cc21. The Bertz CT molecular complexity index is 1620. The van der Waals surface area contributed by atoms with Crippen molar-refractivity contribution in [1.29, 1.82) is 0 Å². The highest BCUT2D eigenvalue weighted by Gasteiger charge is 2.42. The number of fused-ring (bicyclic) bond motifs is 4. The van der Waals surface area contributed by atoms with Crippen LogP contribution in [0.1, 0.15) is 217 Å². The Labute approximate surface area is 318 Å². The van der Waals surface area contributed by atoms with Crippen LogP contribution in [0.25, 0.3) is 33.3 Å². The maximum Gasteiger partial charge on any atom is 0.143 e. The third kappa shape index (κ3) is 9.97. The van der Waals surface area contributed by atoms with Gasteiger partial charge in [0.2, 0.25) is 0 Å². The summed E-state index contributed by atoms with van der Waals surface area (Å²) in [5, 5.41) is 8.84. The molecule has 1 aromatic heterocycles. The highest BCUT2D eigenvalue weighted by atomic mass is 16.6. The molecule has 284 valence electrons. The third-order valence-electron chi connectivity index (χ3n) is 12.3. The van der Waals surface area contributed by atoms with Crippen LogP contribution in [0.3, 0.4) is 0 Å². The lowest BCUT2D eigenvalue weighted by Crippen LogP contribution is -2.26. The van der Waals surface area contributed by atoms with Crippen LogP contribution in [0, 0.1) is 0 Å². The van der Waals surface area contributed by atoms with E-state index in [1.54, 1.807) is 11.1 Å². The summed E-state index contributed by atoms with van der Waals surface area (Å²) in [7, 11) is 0. The second kappa shape index (κ2) is 20.5. The fourth-order valence-electron chi connectivity index (χ4n) is 9.12. The van der Waals surface area contributed by atoms with Gasteiger partial charge in [-0.3, -0.25) is 0 Å². The van der Waals surface area contributed by atoms with Crippen molar-refractivity contribution < 1.29 is 4.63 Å². The summed E-state index contributed by atoms with van der Waals surface area (Å²) in [5.41, 5.74) is 12.9. The van der Waals surface area contributed by atoms with E-state index in [1.165, 1.54) is 169 Å². The van der Waals surface area contributed by atoms with Gasteiger partial charge >= 0.3 is 0 Å². The minimum absolute atomic E-state index is 0.0466. The van der Waals surface area contributed by atoms with Crippen LogP contribution in [0.2, 0.25) is 0 Å². The van der Waals surface area contributed by atoms with E-state index in [0.29, 0.717) is 11.8 Å². The van der Waals surface area contributed by atoms with Gasteiger partial charge in [0, 0.05) is 11.0 Å². The molecule has 1 heterocycles. The van der Waals surface area contributed by atoms with E-state index in [9.17, 15) is 0 Å². The maximum atomic E-state index is 5.37. The van der Waals surface area contributed by atoms with Crippen LogP contribution in [-0.4, -0.2) is 10.3 Å². The highest BCUT2D eigenvalue weighted by Crippen LogP contribution is 2.55. The lowest BCUT2D eigenvalue weighted by Gasteiger charge is -2.33. The zero-order chi connectivity index (χ0) is 36.8. The Kier molecular flexibility index (Phi) is 15.9. The van der Waals surface area contributed by atoms with Crippen LogP contribution in [0.4, 0.5) is 0 Å². The molecule has 5 rings (SSSR count). The Hall–Kier alpha value is -2.94. The quantitative estimate of drug-likeness (QED) is 0.0645. The molecule has 0 aliphatic heterocycles. The van der Waals surface area contributed by atoms with E-state index >= 15 is 0 Å². The first-order valence-corrected chi connectivity index (χ1v) is 22.0. The van der Waals surface area contributed by atoms with E-state index in [0.717, 1.165) is 16.6 Å². The minimum atomic E-state index is 0.0466. The summed E-state index contributed by atoms with van der Waals surface area (Å²) < 4.78 is 5.37. The third-order valence-corrected chi connectivity index (χ3v) is 12.3. The number of hydrogen-bond acceptors (Lipinski definition) is 3. The fraction of sp³-hybridized carbons (Fsp3) is 0.633. The van der Waals surface area contributed by atoms with Gasteiger partial charge in [-0.05, 0) is 80.0 Å². The van der Waals surface area contributed by atoms with Crippen molar-refractivity contribution in [2.75, 3.05) is 0 Å². The number of nitrogens with zero attached hydrogens (tertiary/aromatic N) is 2. The van der Waals surface area contributed by atoms with E-state index in [1.807, 2.05) is 0 Å². The van der Waals surface area contributed by atoms with Crippen molar-refractivity contribution in [3.63, 3.8) is 0 Å². The molecule has 0 N–H and O–H groups in total. The molecule has 3 aromatic carbocycles. The van der Waals surface area contributed by atoms with Crippen LogP contribution in [-0.2, 0) is 5.41 Å². The summed E-state index contributed by atoms with van der Waals surface area (Å²) in [6.07, 6.45) is 30.0. The molecule has 3 heteroatoms. The highest BCUT2D eigenvalue weighted by molar-refractivity contribution is 5.94. The summed E-state index contributed by atoms with van der Waals surface area (Å²) in [6, 6.07) is 19.3. The van der Waals surface area contributed by atoms with Crippen molar-refractivity contribution in [3.8, 4) is 22.3 Å². The maximum absolute atomic E-state index is 5.37. The average Bonchev–Trinajstić information content (AvgIpc) is 3.74. The molecule has 0 unspecified atom stereocenters. The number of hydrogen-bond donors (Lipinski definition) is 0. The topological polar surface area (TPSA) is 38.9 Å². The van der Waals surface area contributed by atoms with Crippen LogP contribution >= 0.6 is 0 Å². The molecule has 0 saturated heterocycles. The van der Waals surface area contributed by atoms with E-state index in [-0.39, 0.29) is 5.41 Å². The molecular formula is C49H72N2O. The Morgan fingerprint density at radius 2 is 0.942 bits per heavy atom. The van der Waals surface area contributed by atoms with E-state index < -0.39 is 0 Å². The Morgan fingerprint density at radius 1 is 0.481 bits per heavy atom. The molecule has 0 spiro atoms. The molecule has 52 heavy (non-hydrogen) atoms. The summed E-state index contributed by atoms with van der Waals surface area (Å²) in [5.74, 6) is 0.882. The summed E-state index contributed by atoms with van der Waals surface area (Å²) in [4.78, 5) is 0.